The van der Waals surface area contributed by atoms with E-state index < -0.39 is 0 Å². The van der Waals surface area contributed by atoms with Crippen molar-refractivity contribution < 1.29 is 0 Å². The predicted octanol–water partition coefficient (Wildman–Crippen LogP) is 2.04. The van der Waals surface area contributed by atoms with E-state index >= 15 is 0 Å². The molecule has 2 N–H and O–H groups in total. The molecule has 0 atom stereocenters. The van der Waals surface area contributed by atoms with Crippen LogP contribution in [0.1, 0.15) is 18.9 Å². The number of hydrogen-bond donors (Lipinski definition) is 1. The van der Waals surface area contributed by atoms with E-state index in [-0.39, 0.29) is 0 Å². The molecule has 1 aromatic heterocycles. The van der Waals surface area contributed by atoms with Gasteiger partial charge in [0.15, 0.2) is 0 Å². The van der Waals surface area contributed by atoms with Crippen LogP contribution in [0.4, 0.5) is 5.82 Å². The SMILES string of the molecule is CCCN(C)c1cc(CN)c(Cl)cn1. The van der Waals surface area contributed by atoms with E-state index in [9.17, 15) is 0 Å². The Kier molecular flexibility index (Phi) is 4.17. The summed E-state index contributed by atoms with van der Waals surface area (Å²) < 4.78 is 0. The Morgan fingerprint density at radius 2 is 2.29 bits per heavy atom. The number of rotatable bonds is 4. The van der Waals surface area contributed by atoms with E-state index in [4.69, 9.17) is 17.3 Å². The van der Waals surface area contributed by atoms with Crippen LogP contribution >= 0.6 is 11.6 Å². The number of aromatic nitrogens is 1. The van der Waals surface area contributed by atoms with Crippen LogP contribution in [0.15, 0.2) is 12.3 Å². The Hall–Kier alpha value is -0.800. The maximum absolute atomic E-state index is 5.92. The first-order valence-electron chi connectivity index (χ1n) is 4.74. The number of pyridine rings is 1. The van der Waals surface area contributed by atoms with E-state index in [1.54, 1.807) is 6.20 Å². The standard InChI is InChI=1S/C10H16ClN3/c1-3-4-14(2)10-5-8(6-12)9(11)7-13-10/h5,7H,3-4,6,12H2,1-2H3. The molecule has 1 heterocycles. The van der Waals surface area contributed by atoms with Gasteiger partial charge in [-0.2, -0.15) is 0 Å². The van der Waals surface area contributed by atoms with Gasteiger partial charge in [0, 0.05) is 26.3 Å². The van der Waals surface area contributed by atoms with Gasteiger partial charge in [-0.3, -0.25) is 0 Å². The van der Waals surface area contributed by atoms with Crippen LogP contribution in [0.3, 0.4) is 0 Å². The molecule has 0 bridgehead atoms. The Morgan fingerprint density at radius 1 is 1.57 bits per heavy atom. The van der Waals surface area contributed by atoms with Crippen molar-refractivity contribution >= 4 is 17.4 Å². The van der Waals surface area contributed by atoms with Gasteiger partial charge in [0.25, 0.3) is 0 Å². The summed E-state index contributed by atoms with van der Waals surface area (Å²) in [5.74, 6) is 0.928. The normalized spacial score (nSPS) is 10.3. The molecule has 4 heteroatoms. The highest BCUT2D eigenvalue weighted by atomic mass is 35.5. The minimum atomic E-state index is 0.453. The largest absolute Gasteiger partial charge is 0.360 e. The molecule has 0 aliphatic carbocycles. The second-order valence-electron chi connectivity index (χ2n) is 3.26. The Balaban J connectivity index is 2.88. The van der Waals surface area contributed by atoms with Gasteiger partial charge in [0.05, 0.1) is 5.02 Å². The van der Waals surface area contributed by atoms with Crippen molar-refractivity contribution in [2.45, 2.75) is 19.9 Å². The Labute approximate surface area is 89.9 Å². The lowest BCUT2D eigenvalue weighted by atomic mass is 10.2. The summed E-state index contributed by atoms with van der Waals surface area (Å²) >= 11 is 5.92. The van der Waals surface area contributed by atoms with Crippen molar-refractivity contribution in [3.63, 3.8) is 0 Å². The van der Waals surface area contributed by atoms with Crippen molar-refractivity contribution in [1.82, 2.24) is 4.98 Å². The smallest absolute Gasteiger partial charge is 0.128 e. The Bertz CT molecular complexity index is 301. The highest BCUT2D eigenvalue weighted by molar-refractivity contribution is 6.31. The molecule has 0 saturated carbocycles. The van der Waals surface area contributed by atoms with Gasteiger partial charge in [0.1, 0.15) is 5.82 Å². The van der Waals surface area contributed by atoms with Crippen molar-refractivity contribution in [3.05, 3.63) is 22.8 Å². The summed E-state index contributed by atoms with van der Waals surface area (Å²) in [6, 6.07) is 1.94. The maximum Gasteiger partial charge on any atom is 0.128 e. The number of hydrogen-bond acceptors (Lipinski definition) is 3. The molecule has 0 fully saturated rings. The average molecular weight is 214 g/mol. The van der Waals surface area contributed by atoms with Crippen LogP contribution in [0.5, 0.6) is 0 Å². The van der Waals surface area contributed by atoms with Crippen molar-refractivity contribution in [2.24, 2.45) is 5.73 Å². The van der Waals surface area contributed by atoms with E-state index in [0.717, 1.165) is 24.3 Å². The molecule has 14 heavy (non-hydrogen) atoms. The summed E-state index contributed by atoms with van der Waals surface area (Å²) in [5.41, 5.74) is 6.51. The van der Waals surface area contributed by atoms with Crippen molar-refractivity contribution in [2.75, 3.05) is 18.5 Å². The van der Waals surface area contributed by atoms with Crippen molar-refractivity contribution in [1.29, 1.82) is 0 Å². The first-order chi connectivity index (χ1) is 6.69. The summed E-state index contributed by atoms with van der Waals surface area (Å²) in [7, 11) is 2.01. The lowest BCUT2D eigenvalue weighted by Crippen LogP contribution is -2.19. The molecule has 0 spiro atoms. The summed E-state index contributed by atoms with van der Waals surface area (Å²) in [6.07, 6.45) is 2.75. The fourth-order valence-corrected chi connectivity index (χ4v) is 1.46. The zero-order valence-electron chi connectivity index (χ0n) is 8.63. The van der Waals surface area contributed by atoms with Crippen LogP contribution in [-0.2, 0) is 6.54 Å². The number of nitrogens with two attached hydrogens (primary N) is 1. The fourth-order valence-electron chi connectivity index (χ4n) is 1.28. The zero-order chi connectivity index (χ0) is 10.6. The molecule has 1 aromatic rings. The van der Waals surface area contributed by atoms with Crippen LogP contribution in [0.2, 0.25) is 5.02 Å². The van der Waals surface area contributed by atoms with Gasteiger partial charge in [-0.25, -0.2) is 4.98 Å². The number of nitrogens with zero attached hydrogens (tertiary/aromatic N) is 2. The van der Waals surface area contributed by atoms with E-state index in [1.165, 1.54) is 0 Å². The average Bonchev–Trinajstić information content (AvgIpc) is 2.19. The van der Waals surface area contributed by atoms with Gasteiger partial charge in [-0.1, -0.05) is 18.5 Å². The van der Waals surface area contributed by atoms with E-state index in [1.807, 2.05) is 13.1 Å². The van der Waals surface area contributed by atoms with Gasteiger partial charge in [-0.05, 0) is 18.1 Å². The van der Waals surface area contributed by atoms with E-state index in [0.29, 0.717) is 11.6 Å². The summed E-state index contributed by atoms with van der Waals surface area (Å²) in [5, 5.41) is 0.640. The molecule has 0 amide bonds. The van der Waals surface area contributed by atoms with Gasteiger partial charge < -0.3 is 10.6 Å². The molecule has 0 unspecified atom stereocenters. The fraction of sp³-hybridized carbons (Fsp3) is 0.500. The summed E-state index contributed by atoms with van der Waals surface area (Å²) in [4.78, 5) is 6.34. The molecule has 0 radical (unpaired) electrons. The predicted molar refractivity (Wildman–Crippen MR) is 60.7 cm³/mol. The first kappa shape index (κ1) is 11.3. The zero-order valence-corrected chi connectivity index (χ0v) is 9.38. The second kappa shape index (κ2) is 5.17. The van der Waals surface area contributed by atoms with Crippen LogP contribution in [0.25, 0.3) is 0 Å². The molecule has 0 aliphatic heterocycles. The number of anilines is 1. The van der Waals surface area contributed by atoms with Crippen LogP contribution < -0.4 is 10.6 Å². The maximum atomic E-state index is 5.92. The highest BCUT2D eigenvalue weighted by Gasteiger charge is 2.04. The van der Waals surface area contributed by atoms with Crippen LogP contribution in [0, 0.1) is 0 Å². The highest BCUT2D eigenvalue weighted by Crippen LogP contribution is 2.19. The first-order valence-corrected chi connectivity index (χ1v) is 5.12. The van der Waals surface area contributed by atoms with Crippen LogP contribution in [-0.4, -0.2) is 18.6 Å². The molecule has 1 rings (SSSR count). The van der Waals surface area contributed by atoms with Gasteiger partial charge in [0.2, 0.25) is 0 Å². The lowest BCUT2D eigenvalue weighted by Gasteiger charge is -2.17. The minimum Gasteiger partial charge on any atom is -0.360 e. The lowest BCUT2D eigenvalue weighted by molar-refractivity contribution is 0.835. The third-order valence-electron chi connectivity index (χ3n) is 2.09. The molecular weight excluding hydrogens is 198 g/mol. The van der Waals surface area contributed by atoms with Gasteiger partial charge >= 0.3 is 0 Å². The van der Waals surface area contributed by atoms with E-state index in [2.05, 4.69) is 16.8 Å². The van der Waals surface area contributed by atoms with Crippen molar-refractivity contribution in [3.8, 4) is 0 Å². The third-order valence-corrected chi connectivity index (χ3v) is 2.43. The Morgan fingerprint density at radius 3 is 2.86 bits per heavy atom. The van der Waals surface area contributed by atoms with Gasteiger partial charge in [-0.15, -0.1) is 0 Å². The molecule has 0 saturated heterocycles. The molecular formula is C10H16ClN3. The molecule has 3 nitrogen and oxygen atoms in total. The molecule has 0 aliphatic rings. The molecule has 0 aromatic carbocycles. The third kappa shape index (κ3) is 2.59. The summed E-state index contributed by atoms with van der Waals surface area (Å²) in [6.45, 7) is 3.57. The quantitative estimate of drug-likeness (QED) is 0.833. The topological polar surface area (TPSA) is 42.1 Å². The minimum absolute atomic E-state index is 0.453. The molecule has 78 valence electrons. The monoisotopic (exact) mass is 213 g/mol. The number of halogens is 1. The second-order valence-corrected chi connectivity index (χ2v) is 3.67.